The fourth-order valence-corrected chi connectivity index (χ4v) is 2.44. The predicted octanol–water partition coefficient (Wildman–Crippen LogP) is 4.87. The molecule has 3 rings (SSSR count). The fourth-order valence-electron chi connectivity index (χ4n) is 2.44. The molecule has 0 heterocycles. The summed E-state index contributed by atoms with van der Waals surface area (Å²) in [5, 5.41) is 10.0. The number of ether oxygens (including phenoxy) is 3. The van der Waals surface area contributed by atoms with Crippen LogP contribution in [0.5, 0.6) is 28.7 Å². The van der Waals surface area contributed by atoms with Crippen LogP contribution in [0.3, 0.4) is 0 Å². The Morgan fingerprint density at radius 1 is 0.708 bits per heavy atom. The van der Waals surface area contributed by atoms with Crippen LogP contribution >= 0.6 is 0 Å². The van der Waals surface area contributed by atoms with Gasteiger partial charge in [-0.3, -0.25) is 0 Å². The third kappa shape index (κ3) is 3.27. The molecule has 0 aliphatic rings. The van der Waals surface area contributed by atoms with E-state index in [0.29, 0.717) is 23.0 Å². The number of hydrogen-bond donors (Lipinski definition) is 1. The van der Waals surface area contributed by atoms with E-state index in [1.807, 2.05) is 42.5 Å². The molecular weight excluding hydrogens is 304 g/mol. The van der Waals surface area contributed by atoms with Gasteiger partial charge in [0.05, 0.1) is 14.2 Å². The van der Waals surface area contributed by atoms with Crippen LogP contribution in [-0.2, 0) is 0 Å². The highest BCUT2D eigenvalue weighted by Crippen LogP contribution is 2.37. The Morgan fingerprint density at radius 3 is 2.29 bits per heavy atom. The molecular formula is C20H18O4. The highest BCUT2D eigenvalue weighted by atomic mass is 16.5. The average Bonchev–Trinajstić information content (AvgIpc) is 2.62. The second-order valence-electron chi connectivity index (χ2n) is 5.16. The zero-order valence-corrected chi connectivity index (χ0v) is 13.5. The smallest absolute Gasteiger partial charge is 0.172 e. The number of aromatic hydroxyl groups is 1. The molecule has 4 heteroatoms. The predicted molar refractivity (Wildman–Crippen MR) is 93.2 cm³/mol. The van der Waals surface area contributed by atoms with E-state index in [9.17, 15) is 5.11 Å². The van der Waals surface area contributed by atoms with Crippen molar-refractivity contribution in [3.63, 3.8) is 0 Å². The monoisotopic (exact) mass is 322 g/mol. The van der Waals surface area contributed by atoms with Gasteiger partial charge in [0.2, 0.25) is 0 Å². The standard InChI is InChI=1S/C20H18O4/c1-22-15-10-11-19(23-2)20(13-15)24-16-7-5-6-14(12-16)17-8-3-4-9-18(17)21/h3-13,21H,1-2H3. The van der Waals surface area contributed by atoms with Gasteiger partial charge in [-0.15, -0.1) is 0 Å². The van der Waals surface area contributed by atoms with E-state index < -0.39 is 0 Å². The molecule has 3 aromatic rings. The van der Waals surface area contributed by atoms with E-state index in [0.717, 1.165) is 11.1 Å². The van der Waals surface area contributed by atoms with E-state index >= 15 is 0 Å². The molecule has 1 N–H and O–H groups in total. The van der Waals surface area contributed by atoms with Gasteiger partial charge in [0, 0.05) is 11.6 Å². The van der Waals surface area contributed by atoms with E-state index in [1.165, 1.54) is 0 Å². The van der Waals surface area contributed by atoms with Gasteiger partial charge in [0.25, 0.3) is 0 Å². The summed E-state index contributed by atoms with van der Waals surface area (Å²) in [6, 6.07) is 20.1. The zero-order chi connectivity index (χ0) is 16.9. The Labute approximate surface area is 140 Å². The van der Waals surface area contributed by atoms with Gasteiger partial charge in [-0.25, -0.2) is 0 Å². The van der Waals surface area contributed by atoms with Gasteiger partial charge in [-0.2, -0.15) is 0 Å². The SMILES string of the molecule is COc1ccc(OC)c(Oc2cccc(-c3ccccc3O)c2)c1. The number of methoxy groups -OCH3 is 2. The Kier molecular flexibility index (Phi) is 4.57. The van der Waals surface area contributed by atoms with Crippen LogP contribution in [0.25, 0.3) is 11.1 Å². The van der Waals surface area contributed by atoms with E-state index in [1.54, 1.807) is 38.5 Å². The maximum absolute atomic E-state index is 10.0. The van der Waals surface area contributed by atoms with Crippen molar-refractivity contribution in [3.8, 4) is 39.9 Å². The normalized spacial score (nSPS) is 10.2. The Hall–Kier alpha value is -3.14. The highest BCUT2D eigenvalue weighted by Gasteiger charge is 2.09. The minimum Gasteiger partial charge on any atom is -0.507 e. The molecule has 0 saturated heterocycles. The van der Waals surface area contributed by atoms with Crippen molar-refractivity contribution < 1.29 is 19.3 Å². The molecule has 0 radical (unpaired) electrons. The zero-order valence-electron chi connectivity index (χ0n) is 13.5. The number of hydrogen-bond acceptors (Lipinski definition) is 4. The Balaban J connectivity index is 1.95. The molecule has 24 heavy (non-hydrogen) atoms. The largest absolute Gasteiger partial charge is 0.507 e. The van der Waals surface area contributed by atoms with E-state index in [4.69, 9.17) is 14.2 Å². The molecule has 0 saturated carbocycles. The first kappa shape index (κ1) is 15.7. The lowest BCUT2D eigenvalue weighted by Gasteiger charge is -2.13. The van der Waals surface area contributed by atoms with Gasteiger partial charge in [-0.05, 0) is 35.9 Å². The molecule has 3 aromatic carbocycles. The molecule has 122 valence electrons. The highest BCUT2D eigenvalue weighted by molar-refractivity contribution is 5.71. The fraction of sp³-hybridized carbons (Fsp3) is 0.100. The van der Waals surface area contributed by atoms with Crippen LogP contribution in [0.15, 0.2) is 66.7 Å². The van der Waals surface area contributed by atoms with Crippen molar-refractivity contribution in [3.05, 3.63) is 66.7 Å². The summed E-state index contributed by atoms with van der Waals surface area (Å²) < 4.78 is 16.5. The third-order valence-corrected chi connectivity index (χ3v) is 3.65. The lowest BCUT2D eigenvalue weighted by atomic mass is 10.0. The molecule has 0 aliphatic carbocycles. The van der Waals surface area contributed by atoms with Crippen LogP contribution in [-0.4, -0.2) is 19.3 Å². The van der Waals surface area contributed by atoms with Crippen molar-refractivity contribution >= 4 is 0 Å². The number of benzene rings is 3. The molecule has 0 spiro atoms. The summed E-state index contributed by atoms with van der Waals surface area (Å²) in [6.45, 7) is 0. The molecule has 0 aromatic heterocycles. The first-order chi connectivity index (χ1) is 11.7. The molecule has 0 bridgehead atoms. The van der Waals surface area contributed by atoms with Crippen LogP contribution in [0, 0.1) is 0 Å². The topological polar surface area (TPSA) is 47.9 Å². The third-order valence-electron chi connectivity index (χ3n) is 3.65. The Bertz CT molecular complexity index is 843. The van der Waals surface area contributed by atoms with Gasteiger partial charge < -0.3 is 19.3 Å². The van der Waals surface area contributed by atoms with Gasteiger partial charge in [0.15, 0.2) is 11.5 Å². The number of phenolic OH excluding ortho intramolecular Hbond substituents is 1. The minimum absolute atomic E-state index is 0.230. The van der Waals surface area contributed by atoms with Crippen LogP contribution in [0.2, 0.25) is 0 Å². The van der Waals surface area contributed by atoms with Crippen molar-refractivity contribution in [2.24, 2.45) is 0 Å². The summed E-state index contributed by atoms with van der Waals surface area (Å²) in [6.07, 6.45) is 0. The summed E-state index contributed by atoms with van der Waals surface area (Å²) >= 11 is 0. The first-order valence-corrected chi connectivity index (χ1v) is 7.49. The lowest BCUT2D eigenvalue weighted by Crippen LogP contribution is -1.92. The van der Waals surface area contributed by atoms with Crippen LogP contribution < -0.4 is 14.2 Å². The first-order valence-electron chi connectivity index (χ1n) is 7.49. The summed E-state index contributed by atoms with van der Waals surface area (Å²) in [5.41, 5.74) is 1.62. The second-order valence-corrected chi connectivity index (χ2v) is 5.16. The quantitative estimate of drug-likeness (QED) is 0.728. The van der Waals surface area contributed by atoms with Gasteiger partial charge in [-0.1, -0.05) is 30.3 Å². The minimum atomic E-state index is 0.230. The Morgan fingerprint density at radius 2 is 1.54 bits per heavy atom. The van der Waals surface area contributed by atoms with Crippen molar-refractivity contribution in [1.29, 1.82) is 0 Å². The van der Waals surface area contributed by atoms with E-state index in [-0.39, 0.29) is 5.75 Å². The van der Waals surface area contributed by atoms with Gasteiger partial charge >= 0.3 is 0 Å². The molecule has 0 atom stereocenters. The molecule has 0 amide bonds. The number of phenols is 1. The lowest BCUT2D eigenvalue weighted by molar-refractivity contribution is 0.371. The average molecular weight is 322 g/mol. The molecule has 0 aliphatic heterocycles. The van der Waals surface area contributed by atoms with Crippen LogP contribution in [0.4, 0.5) is 0 Å². The maximum atomic E-state index is 10.0. The van der Waals surface area contributed by atoms with E-state index in [2.05, 4.69) is 0 Å². The van der Waals surface area contributed by atoms with Crippen molar-refractivity contribution in [2.75, 3.05) is 14.2 Å². The van der Waals surface area contributed by atoms with Crippen molar-refractivity contribution in [2.45, 2.75) is 0 Å². The summed E-state index contributed by atoms with van der Waals surface area (Å²) in [7, 11) is 3.19. The molecule has 4 nitrogen and oxygen atoms in total. The van der Waals surface area contributed by atoms with Crippen molar-refractivity contribution in [1.82, 2.24) is 0 Å². The number of rotatable bonds is 5. The van der Waals surface area contributed by atoms with Crippen LogP contribution in [0.1, 0.15) is 0 Å². The van der Waals surface area contributed by atoms with Gasteiger partial charge in [0.1, 0.15) is 17.2 Å². The number of para-hydroxylation sites is 1. The molecule has 0 fully saturated rings. The summed E-state index contributed by atoms with van der Waals surface area (Å²) in [4.78, 5) is 0. The molecule has 0 unspecified atom stereocenters. The second kappa shape index (κ2) is 6.96. The maximum Gasteiger partial charge on any atom is 0.172 e. The summed E-state index contributed by atoms with van der Waals surface area (Å²) in [5.74, 6) is 2.73.